The minimum atomic E-state index is -0.0643. The van der Waals surface area contributed by atoms with Crippen molar-refractivity contribution in [2.24, 2.45) is 0 Å². The fourth-order valence-corrected chi connectivity index (χ4v) is 3.01. The van der Waals surface area contributed by atoms with Crippen LogP contribution in [0.15, 0.2) is 24.3 Å². The van der Waals surface area contributed by atoms with E-state index in [0.29, 0.717) is 16.5 Å². The Kier molecular flexibility index (Phi) is 5.65. The molecule has 3 N–H and O–H groups in total. The van der Waals surface area contributed by atoms with Gasteiger partial charge in [0.25, 0.3) is 5.91 Å². The largest absolute Gasteiger partial charge is 0.398 e. The Bertz CT molecular complexity index is 381. The van der Waals surface area contributed by atoms with Crippen molar-refractivity contribution in [3.8, 4) is 0 Å². The highest BCUT2D eigenvalue weighted by Crippen LogP contribution is 2.25. The summed E-state index contributed by atoms with van der Waals surface area (Å²) in [5.74, 6) is 1.15. The van der Waals surface area contributed by atoms with Gasteiger partial charge in [0.2, 0.25) is 0 Å². The molecule has 1 unspecified atom stereocenters. The molecule has 1 aromatic rings. The summed E-state index contributed by atoms with van der Waals surface area (Å²) in [6.07, 6.45) is 2.47. The third-order valence-corrected chi connectivity index (χ3v) is 4.12. The quantitative estimate of drug-likeness (QED) is 0.831. The Morgan fingerprint density at radius 2 is 2.24 bits per heavy atom. The molecule has 1 aromatic carbocycles. The molecular weight excluding hydrogens is 256 g/mol. The molecule has 1 aliphatic heterocycles. The molecule has 1 amide bonds. The van der Waals surface area contributed by atoms with Crippen LogP contribution in [0.5, 0.6) is 0 Å². The van der Waals surface area contributed by atoms with E-state index in [1.165, 1.54) is 18.6 Å². The summed E-state index contributed by atoms with van der Waals surface area (Å²) in [5, 5.41) is 3.52. The second-order valence-corrected chi connectivity index (χ2v) is 5.34. The van der Waals surface area contributed by atoms with E-state index in [2.05, 4.69) is 5.32 Å². The predicted octanol–water partition coefficient (Wildman–Crippen LogP) is 2.32. The minimum Gasteiger partial charge on any atom is -0.398 e. The number of hydrogen-bond donors (Lipinski definition) is 2. The highest BCUT2D eigenvalue weighted by molar-refractivity contribution is 8.00. The third-order valence-electron chi connectivity index (χ3n) is 2.72. The second-order valence-electron chi connectivity index (χ2n) is 3.93. The van der Waals surface area contributed by atoms with E-state index in [4.69, 9.17) is 5.73 Å². The molecular formula is C12H17ClN2OS. The zero-order chi connectivity index (χ0) is 11.4. The topological polar surface area (TPSA) is 55.1 Å². The average Bonchev–Trinajstić information content (AvgIpc) is 2.79. The molecule has 5 heteroatoms. The molecule has 1 saturated heterocycles. The molecule has 0 bridgehead atoms. The maximum Gasteiger partial charge on any atom is 0.253 e. The minimum absolute atomic E-state index is 0. The van der Waals surface area contributed by atoms with Crippen LogP contribution >= 0.6 is 24.2 Å². The van der Waals surface area contributed by atoms with E-state index < -0.39 is 0 Å². The van der Waals surface area contributed by atoms with Gasteiger partial charge in [-0.1, -0.05) is 12.1 Å². The first-order valence-corrected chi connectivity index (χ1v) is 6.56. The Labute approximate surface area is 112 Å². The third kappa shape index (κ3) is 3.82. The summed E-state index contributed by atoms with van der Waals surface area (Å²) in [5.41, 5.74) is 6.85. The van der Waals surface area contributed by atoms with Crippen LogP contribution in [0.25, 0.3) is 0 Å². The van der Waals surface area contributed by atoms with Gasteiger partial charge in [0.1, 0.15) is 0 Å². The average molecular weight is 273 g/mol. The smallest absolute Gasteiger partial charge is 0.253 e. The number of carbonyl (C=O) groups excluding carboxylic acids is 1. The summed E-state index contributed by atoms with van der Waals surface area (Å²) in [4.78, 5) is 11.8. The number of anilines is 1. The first-order valence-electron chi connectivity index (χ1n) is 5.51. The van der Waals surface area contributed by atoms with Crippen LogP contribution < -0.4 is 11.1 Å². The summed E-state index contributed by atoms with van der Waals surface area (Å²) < 4.78 is 0. The Morgan fingerprint density at radius 3 is 2.88 bits per heavy atom. The van der Waals surface area contributed by atoms with Crippen molar-refractivity contribution in [2.45, 2.75) is 18.1 Å². The Balaban J connectivity index is 0.00000144. The number of thioether (sulfide) groups is 1. The number of para-hydroxylation sites is 1. The van der Waals surface area contributed by atoms with Crippen LogP contribution in [-0.2, 0) is 0 Å². The van der Waals surface area contributed by atoms with Crippen molar-refractivity contribution in [3.63, 3.8) is 0 Å². The number of halogens is 1. The number of benzene rings is 1. The van der Waals surface area contributed by atoms with Crippen LogP contribution in [0.4, 0.5) is 5.69 Å². The number of carbonyl (C=O) groups is 1. The van der Waals surface area contributed by atoms with Gasteiger partial charge in [0, 0.05) is 17.5 Å². The number of nitrogens with one attached hydrogen (secondary N) is 1. The fraction of sp³-hybridized carbons (Fsp3) is 0.417. The summed E-state index contributed by atoms with van der Waals surface area (Å²) in [6, 6.07) is 7.17. The van der Waals surface area contributed by atoms with Crippen molar-refractivity contribution in [1.29, 1.82) is 0 Å². The molecule has 2 rings (SSSR count). The van der Waals surface area contributed by atoms with E-state index in [1.54, 1.807) is 12.1 Å². The van der Waals surface area contributed by atoms with Crippen molar-refractivity contribution in [1.82, 2.24) is 5.32 Å². The monoisotopic (exact) mass is 272 g/mol. The summed E-state index contributed by atoms with van der Waals surface area (Å²) in [7, 11) is 0. The highest BCUT2D eigenvalue weighted by Gasteiger charge is 2.17. The first kappa shape index (κ1) is 14.2. The van der Waals surface area contributed by atoms with E-state index >= 15 is 0 Å². The lowest BCUT2D eigenvalue weighted by Crippen LogP contribution is -2.30. The van der Waals surface area contributed by atoms with Gasteiger partial charge in [-0.25, -0.2) is 0 Å². The number of rotatable bonds is 3. The molecule has 1 fully saturated rings. The fourth-order valence-electron chi connectivity index (χ4n) is 1.81. The zero-order valence-electron chi connectivity index (χ0n) is 9.52. The highest BCUT2D eigenvalue weighted by atomic mass is 35.5. The number of hydrogen-bond acceptors (Lipinski definition) is 3. The van der Waals surface area contributed by atoms with Crippen LogP contribution in [0.3, 0.4) is 0 Å². The number of amides is 1. The zero-order valence-corrected chi connectivity index (χ0v) is 11.2. The molecule has 17 heavy (non-hydrogen) atoms. The predicted molar refractivity (Wildman–Crippen MR) is 75.9 cm³/mol. The van der Waals surface area contributed by atoms with Gasteiger partial charge in [0.05, 0.1) is 5.56 Å². The van der Waals surface area contributed by atoms with Gasteiger partial charge < -0.3 is 11.1 Å². The van der Waals surface area contributed by atoms with E-state index in [9.17, 15) is 4.79 Å². The van der Waals surface area contributed by atoms with Gasteiger partial charge in [-0.3, -0.25) is 4.79 Å². The lowest BCUT2D eigenvalue weighted by atomic mass is 10.1. The Morgan fingerprint density at radius 1 is 1.47 bits per heavy atom. The molecule has 1 atom stereocenters. The van der Waals surface area contributed by atoms with E-state index in [0.717, 1.165) is 6.54 Å². The van der Waals surface area contributed by atoms with Crippen molar-refractivity contribution < 1.29 is 4.79 Å². The van der Waals surface area contributed by atoms with Crippen LogP contribution in [0.1, 0.15) is 23.2 Å². The van der Waals surface area contributed by atoms with Gasteiger partial charge in [-0.15, -0.1) is 12.4 Å². The molecule has 0 saturated carbocycles. The standard InChI is InChI=1S/C12H16N2OS.ClH/c13-11-6-2-1-5-10(11)12(15)14-8-9-4-3-7-16-9;/h1-2,5-6,9H,3-4,7-8,13H2,(H,14,15);1H. The SMILES string of the molecule is Cl.Nc1ccccc1C(=O)NCC1CCCS1. The van der Waals surface area contributed by atoms with Gasteiger partial charge in [-0.05, 0) is 30.7 Å². The van der Waals surface area contributed by atoms with Crippen LogP contribution in [0, 0.1) is 0 Å². The van der Waals surface area contributed by atoms with Crippen molar-refractivity contribution in [2.75, 3.05) is 18.0 Å². The van der Waals surface area contributed by atoms with Gasteiger partial charge in [0.15, 0.2) is 0 Å². The lowest BCUT2D eigenvalue weighted by Gasteiger charge is -2.11. The molecule has 0 aliphatic carbocycles. The molecule has 1 aliphatic rings. The van der Waals surface area contributed by atoms with E-state index in [1.807, 2.05) is 23.9 Å². The normalized spacial score (nSPS) is 18.5. The molecule has 0 spiro atoms. The number of nitrogen functional groups attached to an aromatic ring is 1. The van der Waals surface area contributed by atoms with Crippen molar-refractivity contribution in [3.05, 3.63) is 29.8 Å². The van der Waals surface area contributed by atoms with E-state index in [-0.39, 0.29) is 18.3 Å². The van der Waals surface area contributed by atoms with Gasteiger partial charge in [-0.2, -0.15) is 11.8 Å². The Hall–Kier alpha value is -0.870. The molecule has 1 heterocycles. The number of nitrogens with two attached hydrogens (primary N) is 1. The molecule has 0 aromatic heterocycles. The van der Waals surface area contributed by atoms with Crippen LogP contribution in [-0.4, -0.2) is 23.5 Å². The van der Waals surface area contributed by atoms with Crippen LogP contribution in [0.2, 0.25) is 0 Å². The van der Waals surface area contributed by atoms with Crippen molar-refractivity contribution >= 4 is 35.8 Å². The molecule has 0 radical (unpaired) electrons. The first-order chi connectivity index (χ1) is 7.77. The molecule has 94 valence electrons. The second kappa shape index (κ2) is 6.77. The lowest BCUT2D eigenvalue weighted by molar-refractivity contribution is 0.0954. The maximum atomic E-state index is 11.8. The summed E-state index contributed by atoms with van der Waals surface area (Å²) in [6.45, 7) is 0.748. The summed E-state index contributed by atoms with van der Waals surface area (Å²) >= 11 is 1.94. The van der Waals surface area contributed by atoms with Gasteiger partial charge >= 0.3 is 0 Å². The maximum absolute atomic E-state index is 11.8. The molecule has 3 nitrogen and oxygen atoms in total.